The van der Waals surface area contributed by atoms with Crippen LogP contribution >= 0.6 is 11.3 Å². The Kier molecular flexibility index (Phi) is 3.65. The molecule has 5 heteroatoms. The van der Waals surface area contributed by atoms with E-state index in [2.05, 4.69) is 4.98 Å². The molecule has 0 aliphatic carbocycles. The standard InChI is InChI=1S/C17H9N3OS/c18-9-11-5-7-12(8-6-11)16(21)13(10-19)17-20-14-3-1-2-4-15(14)22-17/h1-8,13H. The molecular formula is C17H9N3OS. The summed E-state index contributed by atoms with van der Waals surface area (Å²) in [6.07, 6.45) is 0. The van der Waals surface area contributed by atoms with E-state index in [-0.39, 0.29) is 5.78 Å². The van der Waals surface area contributed by atoms with Gasteiger partial charge in [-0.15, -0.1) is 11.3 Å². The van der Waals surface area contributed by atoms with Crippen LogP contribution in [0.15, 0.2) is 48.5 Å². The largest absolute Gasteiger partial charge is 0.292 e. The molecule has 0 N–H and O–H groups in total. The predicted octanol–water partition coefficient (Wildman–Crippen LogP) is 3.66. The summed E-state index contributed by atoms with van der Waals surface area (Å²) < 4.78 is 0.949. The van der Waals surface area contributed by atoms with E-state index in [0.717, 1.165) is 10.2 Å². The van der Waals surface area contributed by atoms with Crippen LogP contribution in [-0.2, 0) is 0 Å². The second kappa shape index (κ2) is 5.77. The highest BCUT2D eigenvalue weighted by Gasteiger charge is 2.25. The Morgan fingerprint density at radius 3 is 2.45 bits per heavy atom. The number of thiazole rings is 1. The van der Waals surface area contributed by atoms with Gasteiger partial charge in [0.1, 0.15) is 5.01 Å². The van der Waals surface area contributed by atoms with Crippen molar-refractivity contribution in [2.75, 3.05) is 0 Å². The van der Waals surface area contributed by atoms with Crippen LogP contribution in [0, 0.1) is 22.7 Å². The van der Waals surface area contributed by atoms with Crippen LogP contribution in [0.1, 0.15) is 26.8 Å². The maximum atomic E-state index is 12.5. The summed E-state index contributed by atoms with van der Waals surface area (Å²) in [4.78, 5) is 16.9. The van der Waals surface area contributed by atoms with Crippen molar-refractivity contribution in [2.45, 2.75) is 5.92 Å². The average molecular weight is 303 g/mol. The predicted molar refractivity (Wildman–Crippen MR) is 83.5 cm³/mol. The lowest BCUT2D eigenvalue weighted by molar-refractivity contribution is 0.0979. The summed E-state index contributed by atoms with van der Waals surface area (Å²) in [5.41, 5.74) is 1.67. The van der Waals surface area contributed by atoms with Crippen molar-refractivity contribution >= 4 is 27.3 Å². The van der Waals surface area contributed by atoms with Crippen LogP contribution in [-0.4, -0.2) is 10.8 Å². The number of Topliss-reactive ketones (excluding diaryl/α,β-unsaturated/α-hetero) is 1. The Hall–Kier alpha value is -3.02. The van der Waals surface area contributed by atoms with Gasteiger partial charge in [-0.2, -0.15) is 10.5 Å². The normalized spacial score (nSPS) is 11.5. The van der Waals surface area contributed by atoms with Gasteiger partial charge in [0.05, 0.1) is 27.9 Å². The van der Waals surface area contributed by atoms with Crippen molar-refractivity contribution in [3.63, 3.8) is 0 Å². The summed E-state index contributed by atoms with van der Waals surface area (Å²) >= 11 is 1.35. The second-order valence-corrected chi connectivity index (χ2v) is 5.70. The van der Waals surface area contributed by atoms with Gasteiger partial charge >= 0.3 is 0 Å². The fourth-order valence-corrected chi connectivity index (χ4v) is 3.13. The first kappa shape index (κ1) is 13.9. The monoisotopic (exact) mass is 303 g/mol. The number of nitrogens with zero attached hydrogens (tertiary/aromatic N) is 3. The number of fused-ring (bicyclic) bond motifs is 1. The molecule has 0 aliphatic heterocycles. The molecule has 3 rings (SSSR count). The van der Waals surface area contributed by atoms with E-state index in [1.165, 1.54) is 11.3 Å². The molecule has 0 spiro atoms. The van der Waals surface area contributed by atoms with Crippen LogP contribution in [0.3, 0.4) is 0 Å². The van der Waals surface area contributed by atoms with Gasteiger partial charge in [-0.1, -0.05) is 24.3 Å². The molecule has 0 fully saturated rings. The van der Waals surface area contributed by atoms with Crippen molar-refractivity contribution in [1.29, 1.82) is 10.5 Å². The first-order valence-electron chi connectivity index (χ1n) is 6.52. The number of carbonyl (C=O) groups is 1. The van der Waals surface area contributed by atoms with Crippen LogP contribution in [0.5, 0.6) is 0 Å². The minimum Gasteiger partial charge on any atom is -0.292 e. The van der Waals surface area contributed by atoms with Crippen molar-refractivity contribution in [3.05, 3.63) is 64.7 Å². The Morgan fingerprint density at radius 1 is 1.09 bits per heavy atom. The van der Waals surface area contributed by atoms with Gasteiger partial charge in [0.2, 0.25) is 0 Å². The summed E-state index contributed by atoms with van der Waals surface area (Å²) in [6.45, 7) is 0. The zero-order chi connectivity index (χ0) is 15.5. The third-order valence-corrected chi connectivity index (χ3v) is 4.35. The number of nitriles is 2. The highest BCUT2D eigenvalue weighted by atomic mass is 32.1. The Labute approximate surface area is 130 Å². The molecule has 0 bridgehead atoms. The minimum atomic E-state index is -0.926. The van der Waals surface area contributed by atoms with Gasteiger partial charge in [-0.3, -0.25) is 4.79 Å². The third kappa shape index (κ3) is 2.46. The third-order valence-electron chi connectivity index (χ3n) is 3.25. The molecule has 4 nitrogen and oxygen atoms in total. The molecule has 0 saturated carbocycles. The van der Waals surface area contributed by atoms with Crippen LogP contribution in [0.4, 0.5) is 0 Å². The van der Waals surface area contributed by atoms with Gasteiger partial charge < -0.3 is 0 Å². The summed E-state index contributed by atoms with van der Waals surface area (Å²) in [5, 5.41) is 18.7. The lowest BCUT2D eigenvalue weighted by Gasteiger charge is -2.04. The SMILES string of the molecule is N#Cc1ccc(C(=O)C(C#N)c2nc3ccccc3s2)cc1. The topological polar surface area (TPSA) is 77.5 Å². The van der Waals surface area contributed by atoms with E-state index in [1.807, 2.05) is 36.4 Å². The zero-order valence-corrected chi connectivity index (χ0v) is 12.2. The molecule has 0 radical (unpaired) electrons. The molecular weight excluding hydrogens is 294 g/mol. The number of hydrogen-bond acceptors (Lipinski definition) is 5. The summed E-state index contributed by atoms with van der Waals surface area (Å²) in [7, 11) is 0. The van der Waals surface area contributed by atoms with E-state index in [1.54, 1.807) is 24.3 Å². The first-order valence-corrected chi connectivity index (χ1v) is 7.34. The van der Waals surface area contributed by atoms with E-state index in [0.29, 0.717) is 16.1 Å². The van der Waals surface area contributed by atoms with Crippen molar-refractivity contribution < 1.29 is 4.79 Å². The van der Waals surface area contributed by atoms with E-state index in [4.69, 9.17) is 5.26 Å². The molecule has 104 valence electrons. The number of hydrogen-bond donors (Lipinski definition) is 0. The van der Waals surface area contributed by atoms with Crippen LogP contribution in [0.25, 0.3) is 10.2 Å². The van der Waals surface area contributed by atoms with Gasteiger partial charge in [-0.25, -0.2) is 4.98 Å². The lowest BCUT2D eigenvalue weighted by atomic mass is 9.98. The number of rotatable bonds is 3. The van der Waals surface area contributed by atoms with Gasteiger partial charge in [0, 0.05) is 5.56 Å². The van der Waals surface area contributed by atoms with Gasteiger partial charge in [0.25, 0.3) is 0 Å². The van der Waals surface area contributed by atoms with Crippen molar-refractivity contribution in [1.82, 2.24) is 4.98 Å². The average Bonchev–Trinajstić information content (AvgIpc) is 2.99. The highest BCUT2D eigenvalue weighted by Crippen LogP contribution is 2.29. The lowest BCUT2D eigenvalue weighted by Crippen LogP contribution is -2.11. The molecule has 1 aromatic heterocycles. The summed E-state index contributed by atoms with van der Waals surface area (Å²) in [5.74, 6) is -1.23. The first-order chi connectivity index (χ1) is 10.7. The molecule has 1 atom stereocenters. The van der Waals surface area contributed by atoms with Crippen molar-refractivity contribution in [2.24, 2.45) is 0 Å². The minimum absolute atomic E-state index is 0.300. The van der Waals surface area contributed by atoms with E-state index in [9.17, 15) is 10.1 Å². The summed E-state index contributed by atoms with van der Waals surface area (Å²) in [6, 6.07) is 17.9. The number of ketones is 1. The van der Waals surface area contributed by atoms with Crippen molar-refractivity contribution in [3.8, 4) is 12.1 Å². The van der Waals surface area contributed by atoms with Gasteiger partial charge in [-0.05, 0) is 24.3 Å². The molecule has 2 aromatic carbocycles. The smallest absolute Gasteiger partial charge is 0.186 e. The molecule has 0 amide bonds. The number of carbonyl (C=O) groups excluding carboxylic acids is 1. The molecule has 1 heterocycles. The van der Waals surface area contributed by atoms with Crippen LogP contribution < -0.4 is 0 Å². The fourth-order valence-electron chi connectivity index (χ4n) is 2.12. The molecule has 0 saturated heterocycles. The zero-order valence-electron chi connectivity index (χ0n) is 11.4. The number of aromatic nitrogens is 1. The Balaban J connectivity index is 1.97. The molecule has 1 unspecified atom stereocenters. The van der Waals surface area contributed by atoms with E-state index < -0.39 is 5.92 Å². The number of benzene rings is 2. The van der Waals surface area contributed by atoms with E-state index >= 15 is 0 Å². The highest BCUT2D eigenvalue weighted by molar-refractivity contribution is 7.18. The second-order valence-electron chi connectivity index (χ2n) is 4.64. The maximum Gasteiger partial charge on any atom is 0.186 e. The van der Waals surface area contributed by atoms with Crippen LogP contribution in [0.2, 0.25) is 0 Å². The molecule has 22 heavy (non-hydrogen) atoms. The molecule has 3 aromatic rings. The molecule has 0 aliphatic rings. The Morgan fingerprint density at radius 2 is 1.82 bits per heavy atom. The maximum absolute atomic E-state index is 12.5. The fraction of sp³-hybridized carbons (Fsp3) is 0.0588. The Bertz CT molecular complexity index is 896. The quantitative estimate of drug-likeness (QED) is 0.692. The van der Waals surface area contributed by atoms with Gasteiger partial charge in [0.15, 0.2) is 11.7 Å². The number of para-hydroxylation sites is 1.